The Hall–Kier alpha value is -1.06. The summed E-state index contributed by atoms with van der Waals surface area (Å²) in [4.78, 5) is 0. The summed E-state index contributed by atoms with van der Waals surface area (Å²) in [6, 6.07) is 6.33. The van der Waals surface area contributed by atoms with E-state index in [0.717, 1.165) is 17.9 Å². The van der Waals surface area contributed by atoms with E-state index in [9.17, 15) is 0 Å². The zero-order valence-corrected chi connectivity index (χ0v) is 9.71. The molecule has 0 aliphatic carbocycles. The van der Waals surface area contributed by atoms with Gasteiger partial charge in [-0.25, -0.2) is 0 Å². The van der Waals surface area contributed by atoms with Crippen LogP contribution in [0.25, 0.3) is 0 Å². The molecule has 1 rings (SSSR count). The molecule has 0 unspecified atom stereocenters. The third kappa shape index (κ3) is 3.22. The molecule has 0 aliphatic heterocycles. The van der Waals surface area contributed by atoms with Gasteiger partial charge >= 0.3 is 0 Å². The van der Waals surface area contributed by atoms with Gasteiger partial charge in [0.2, 0.25) is 0 Å². The topological polar surface area (TPSA) is 47.3 Å². The number of nitrogens with two attached hydrogens (primary N) is 1. The van der Waals surface area contributed by atoms with Crippen molar-refractivity contribution in [3.05, 3.63) is 29.3 Å². The Morgan fingerprint density at radius 1 is 1.40 bits per heavy atom. The van der Waals surface area contributed by atoms with E-state index in [1.54, 1.807) is 7.11 Å². The molecule has 0 atom stereocenters. The predicted octanol–water partition coefficient (Wildman–Crippen LogP) is 1.82. The van der Waals surface area contributed by atoms with E-state index >= 15 is 0 Å². The Kier molecular flexibility index (Phi) is 4.59. The molecule has 0 radical (unpaired) electrons. The van der Waals surface area contributed by atoms with Crippen molar-refractivity contribution in [1.29, 1.82) is 0 Å². The van der Waals surface area contributed by atoms with Crippen LogP contribution in [-0.4, -0.2) is 13.8 Å². The minimum Gasteiger partial charge on any atom is -0.496 e. The Balaban J connectivity index is 2.88. The van der Waals surface area contributed by atoms with Crippen molar-refractivity contribution in [2.75, 3.05) is 13.8 Å². The van der Waals surface area contributed by atoms with Gasteiger partial charge in [0.05, 0.1) is 7.11 Å². The average Bonchev–Trinajstić information content (AvgIpc) is 2.25. The highest BCUT2D eigenvalue weighted by molar-refractivity contribution is 5.38. The molecule has 0 saturated heterocycles. The molecule has 84 valence electrons. The fourth-order valence-corrected chi connectivity index (χ4v) is 1.47. The van der Waals surface area contributed by atoms with Gasteiger partial charge in [0.25, 0.3) is 0 Å². The first-order valence-corrected chi connectivity index (χ1v) is 5.26. The number of benzene rings is 1. The maximum Gasteiger partial charge on any atom is 0.123 e. The quantitative estimate of drug-likeness (QED) is 0.726. The number of ether oxygens (including phenoxy) is 1. The molecule has 3 heteroatoms. The SMILES string of the molecule is COc1cc(C(C)C)ccc1CNCN. The average molecular weight is 208 g/mol. The van der Waals surface area contributed by atoms with Crippen LogP contribution in [0.3, 0.4) is 0 Å². The van der Waals surface area contributed by atoms with Crippen LogP contribution in [0.4, 0.5) is 0 Å². The third-order valence-electron chi connectivity index (χ3n) is 2.44. The Bertz CT molecular complexity index is 310. The molecule has 1 aromatic carbocycles. The molecule has 0 saturated carbocycles. The fraction of sp³-hybridized carbons (Fsp3) is 0.500. The van der Waals surface area contributed by atoms with Gasteiger partial charge in [-0.05, 0) is 17.5 Å². The molecule has 0 spiro atoms. The number of methoxy groups -OCH3 is 1. The van der Waals surface area contributed by atoms with Gasteiger partial charge in [-0.2, -0.15) is 0 Å². The maximum atomic E-state index is 5.39. The van der Waals surface area contributed by atoms with Crippen LogP contribution in [0.15, 0.2) is 18.2 Å². The summed E-state index contributed by atoms with van der Waals surface area (Å²) in [5.41, 5.74) is 7.83. The van der Waals surface area contributed by atoms with E-state index in [1.807, 2.05) is 0 Å². The van der Waals surface area contributed by atoms with Crippen LogP contribution >= 0.6 is 0 Å². The Labute approximate surface area is 91.6 Å². The highest BCUT2D eigenvalue weighted by atomic mass is 16.5. The van der Waals surface area contributed by atoms with Gasteiger partial charge in [0.1, 0.15) is 5.75 Å². The van der Waals surface area contributed by atoms with E-state index in [-0.39, 0.29) is 0 Å². The minimum absolute atomic E-state index is 0.481. The van der Waals surface area contributed by atoms with Gasteiger partial charge in [-0.15, -0.1) is 0 Å². The summed E-state index contributed by atoms with van der Waals surface area (Å²) < 4.78 is 5.35. The van der Waals surface area contributed by atoms with Crippen molar-refractivity contribution in [3.8, 4) is 5.75 Å². The largest absolute Gasteiger partial charge is 0.496 e. The summed E-state index contributed by atoms with van der Waals surface area (Å²) in [5.74, 6) is 1.46. The van der Waals surface area contributed by atoms with Gasteiger partial charge in [0.15, 0.2) is 0 Å². The van der Waals surface area contributed by atoms with Gasteiger partial charge in [-0.3, -0.25) is 0 Å². The molecule has 0 aliphatic rings. The molecule has 0 bridgehead atoms. The first-order chi connectivity index (χ1) is 7.19. The van der Waals surface area contributed by atoms with Crippen molar-refractivity contribution in [2.24, 2.45) is 5.73 Å². The highest BCUT2D eigenvalue weighted by Gasteiger charge is 2.05. The van der Waals surface area contributed by atoms with Crippen molar-refractivity contribution in [3.63, 3.8) is 0 Å². The molecule has 3 N–H and O–H groups in total. The number of hydrogen-bond donors (Lipinski definition) is 2. The van der Waals surface area contributed by atoms with E-state index < -0.39 is 0 Å². The second-order valence-electron chi connectivity index (χ2n) is 3.86. The summed E-state index contributed by atoms with van der Waals surface area (Å²) in [7, 11) is 1.70. The molecular weight excluding hydrogens is 188 g/mol. The van der Waals surface area contributed by atoms with Crippen LogP contribution in [0.1, 0.15) is 30.9 Å². The standard InChI is InChI=1S/C12H20N2O/c1-9(2)10-4-5-11(7-14-8-13)12(6-10)15-3/h4-6,9,14H,7-8,13H2,1-3H3. The summed E-state index contributed by atoms with van der Waals surface area (Å²) >= 11 is 0. The third-order valence-corrected chi connectivity index (χ3v) is 2.44. The molecule has 15 heavy (non-hydrogen) atoms. The molecule has 1 aromatic rings. The lowest BCUT2D eigenvalue weighted by molar-refractivity contribution is 0.407. The monoisotopic (exact) mass is 208 g/mol. The minimum atomic E-state index is 0.481. The maximum absolute atomic E-state index is 5.39. The van der Waals surface area contributed by atoms with E-state index in [1.165, 1.54) is 5.56 Å². The van der Waals surface area contributed by atoms with Crippen molar-refractivity contribution in [2.45, 2.75) is 26.3 Å². The number of nitrogens with one attached hydrogen (secondary N) is 1. The fourth-order valence-electron chi connectivity index (χ4n) is 1.47. The Morgan fingerprint density at radius 3 is 2.67 bits per heavy atom. The number of hydrogen-bond acceptors (Lipinski definition) is 3. The van der Waals surface area contributed by atoms with Gasteiger partial charge in [0, 0.05) is 18.8 Å². The van der Waals surface area contributed by atoms with E-state index in [2.05, 4.69) is 37.4 Å². The normalized spacial score (nSPS) is 10.7. The van der Waals surface area contributed by atoms with Gasteiger partial charge < -0.3 is 15.8 Å². The lowest BCUT2D eigenvalue weighted by Gasteiger charge is -2.12. The second-order valence-corrected chi connectivity index (χ2v) is 3.86. The van der Waals surface area contributed by atoms with Crippen LogP contribution in [0, 0.1) is 0 Å². The summed E-state index contributed by atoms with van der Waals surface area (Å²) in [5, 5.41) is 3.09. The Morgan fingerprint density at radius 2 is 2.13 bits per heavy atom. The highest BCUT2D eigenvalue weighted by Crippen LogP contribution is 2.24. The van der Waals surface area contributed by atoms with Crippen molar-refractivity contribution >= 4 is 0 Å². The molecule has 0 aromatic heterocycles. The molecule has 0 amide bonds. The zero-order chi connectivity index (χ0) is 11.3. The molecule has 0 fully saturated rings. The van der Waals surface area contributed by atoms with Crippen molar-refractivity contribution in [1.82, 2.24) is 5.32 Å². The van der Waals surface area contributed by atoms with Gasteiger partial charge in [-0.1, -0.05) is 26.0 Å². The smallest absolute Gasteiger partial charge is 0.123 e. The van der Waals surface area contributed by atoms with Crippen LogP contribution in [-0.2, 0) is 6.54 Å². The van der Waals surface area contributed by atoms with Crippen LogP contribution < -0.4 is 15.8 Å². The zero-order valence-electron chi connectivity index (χ0n) is 9.71. The summed E-state index contributed by atoms with van der Waals surface area (Å²) in [6.45, 7) is 5.58. The molecule has 0 heterocycles. The van der Waals surface area contributed by atoms with Crippen molar-refractivity contribution < 1.29 is 4.74 Å². The predicted molar refractivity (Wildman–Crippen MR) is 63.0 cm³/mol. The molecule has 3 nitrogen and oxygen atoms in total. The van der Waals surface area contributed by atoms with E-state index in [0.29, 0.717) is 12.6 Å². The lowest BCUT2D eigenvalue weighted by Crippen LogP contribution is -2.21. The first-order valence-electron chi connectivity index (χ1n) is 5.26. The first kappa shape index (κ1) is 12.0. The van der Waals surface area contributed by atoms with E-state index in [4.69, 9.17) is 10.5 Å². The lowest BCUT2D eigenvalue weighted by atomic mass is 10.0. The van der Waals surface area contributed by atoms with Crippen LogP contribution in [0.2, 0.25) is 0 Å². The molecular formula is C12H20N2O. The summed E-state index contributed by atoms with van der Waals surface area (Å²) in [6.07, 6.45) is 0. The number of rotatable bonds is 5. The van der Waals surface area contributed by atoms with Crippen LogP contribution in [0.5, 0.6) is 5.75 Å². The second kappa shape index (κ2) is 5.73.